The molecule has 0 aliphatic rings. The fraction of sp³-hybridized carbons (Fsp3) is 0.222. The van der Waals surface area contributed by atoms with E-state index in [-0.39, 0.29) is 11.8 Å². The van der Waals surface area contributed by atoms with Crippen LogP contribution in [0.3, 0.4) is 0 Å². The number of hydrogen-bond acceptors (Lipinski definition) is 3. The highest BCUT2D eigenvalue weighted by molar-refractivity contribution is 6.33. The summed E-state index contributed by atoms with van der Waals surface area (Å²) in [5, 5.41) is 5.94. The van der Waals surface area contributed by atoms with Gasteiger partial charge in [0.05, 0.1) is 17.8 Å². The van der Waals surface area contributed by atoms with Gasteiger partial charge in [0.15, 0.2) is 0 Å². The van der Waals surface area contributed by atoms with Crippen molar-refractivity contribution in [2.24, 2.45) is 0 Å². The number of nitrogens with one attached hydrogen (secondary N) is 2. The van der Waals surface area contributed by atoms with Gasteiger partial charge in [0, 0.05) is 17.7 Å². The van der Waals surface area contributed by atoms with Crippen molar-refractivity contribution in [3.05, 3.63) is 53.1 Å². The Hall–Kier alpha value is -2.53. The first-order valence-electron chi connectivity index (χ1n) is 7.58. The van der Waals surface area contributed by atoms with Crippen LogP contribution in [0.1, 0.15) is 30.1 Å². The molecule has 0 spiro atoms. The molecule has 0 atom stereocenters. The van der Waals surface area contributed by atoms with E-state index in [0.717, 1.165) is 6.42 Å². The summed E-state index contributed by atoms with van der Waals surface area (Å²) in [5.74, 6) is 0.308. The molecule has 5 nitrogen and oxygen atoms in total. The monoisotopic (exact) mass is 346 g/mol. The molecule has 2 amide bonds. The molecule has 0 aliphatic carbocycles. The van der Waals surface area contributed by atoms with E-state index >= 15 is 0 Å². The normalized spacial score (nSPS) is 10.1. The maximum atomic E-state index is 12.3. The maximum Gasteiger partial charge on any atom is 0.255 e. The summed E-state index contributed by atoms with van der Waals surface area (Å²) in [6, 6.07) is 11.7. The van der Waals surface area contributed by atoms with Gasteiger partial charge in [-0.2, -0.15) is 0 Å². The van der Waals surface area contributed by atoms with Crippen molar-refractivity contribution < 1.29 is 14.3 Å². The molecule has 0 aromatic heterocycles. The Morgan fingerprint density at radius 3 is 2.42 bits per heavy atom. The first kappa shape index (κ1) is 17.8. The van der Waals surface area contributed by atoms with E-state index < -0.39 is 0 Å². The third-order valence-corrected chi connectivity index (χ3v) is 3.66. The Morgan fingerprint density at radius 1 is 1.08 bits per heavy atom. The second-order valence-electron chi connectivity index (χ2n) is 5.18. The molecule has 24 heavy (non-hydrogen) atoms. The number of carbonyl (C=O) groups excluding carboxylic acids is 2. The van der Waals surface area contributed by atoms with Gasteiger partial charge in [-0.3, -0.25) is 9.59 Å². The lowest BCUT2D eigenvalue weighted by Gasteiger charge is -2.11. The molecule has 2 aromatic rings. The van der Waals surface area contributed by atoms with Crippen LogP contribution in [0.2, 0.25) is 5.02 Å². The molecule has 2 aromatic carbocycles. The van der Waals surface area contributed by atoms with Crippen molar-refractivity contribution in [3.8, 4) is 5.75 Å². The zero-order valence-electron chi connectivity index (χ0n) is 13.6. The van der Waals surface area contributed by atoms with Crippen molar-refractivity contribution >= 4 is 34.8 Å². The van der Waals surface area contributed by atoms with Gasteiger partial charge in [0.2, 0.25) is 5.91 Å². The Balaban J connectivity index is 2.11. The van der Waals surface area contributed by atoms with Gasteiger partial charge in [0.25, 0.3) is 5.91 Å². The lowest BCUT2D eigenvalue weighted by molar-refractivity contribution is -0.116. The fourth-order valence-corrected chi connectivity index (χ4v) is 2.25. The number of rotatable bonds is 6. The predicted octanol–water partition coefficient (Wildman–Crippen LogP) is 4.34. The molecule has 0 unspecified atom stereocenters. The Morgan fingerprint density at radius 2 is 1.79 bits per heavy atom. The fourth-order valence-electron chi connectivity index (χ4n) is 2.08. The molecule has 0 fully saturated rings. The lowest BCUT2D eigenvalue weighted by atomic mass is 10.2. The minimum absolute atomic E-state index is 0.113. The molecule has 0 heterocycles. The van der Waals surface area contributed by atoms with Gasteiger partial charge in [-0.15, -0.1) is 0 Å². The van der Waals surface area contributed by atoms with Crippen molar-refractivity contribution in [3.63, 3.8) is 0 Å². The SMILES string of the molecule is CCCC(=O)Nc1cc(NC(=O)c2ccc(OC)cc2)ccc1Cl. The third-order valence-electron chi connectivity index (χ3n) is 3.33. The first-order valence-corrected chi connectivity index (χ1v) is 7.96. The lowest BCUT2D eigenvalue weighted by Crippen LogP contribution is -2.13. The van der Waals surface area contributed by atoms with Crippen molar-refractivity contribution in [2.75, 3.05) is 17.7 Å². The van der Waals surface area contributed by atoms with E-state index in [2.05, 4.69) is 10.6 Å². The van der Waals surface area contributed by atoms with Crippen LogP contribution < -0.4 is 15.4 Å². The van der Waals surface area contributed by atoms with Gasteiger partial charge in [-0.25, -0.2) is 0 Å². The average Bonchev–Trinajstić information content (AvgIpc) is 2.58. The second-order valence-corrected chi connectivity index (χ2v) is 5.58. The summed E-state index contributed by atoms with van der Waals surface area (Å²) in [5.41, 5.74) is 1.52. The maximum absolute atomic E-state index is 12.3. The molecule has 2 rings (SSSR count). The quantitative estimate of drug-likeness (QED) is 0.817. The zero-order chi connectivity index (χ0) is 17.5. The number of hydrogen-bond donors (Lipinski definition) is 2. The number of carbonyl (C=O) groups is 2. The topological polar surface area (TPSA) is 67.4 Å². The van der Waals surface area contributed by atoms with Gasteiger partial charge < -0.3 is 15.4 Å². The smallest absolute Gasteiger partial charge is 0.255 e. The molecule has 6 heteroatoms. The van der Waals surface area contributed by atoms with E-state index in [4.69, 9.17) is 16.3 Å². The summed E-state index contributed by atoms with van der Waals surface area (Å²) in [6.07, 6.45) is 1.16. The largest absolute Gasteiger partial charge is 0.497 e. The number of anilines is 2. The van der Waals surface area contributed by atoms with E-state index in [1.165, 1.54) is 0 Å². The van der Waals surface area contributed by atoms with Crippen molar-refractivity contribution in [1.29, 1.82) is 0 Å². The predicted molar refractivity (Wildman–Crippen MR) is 95.9 cm³/mol. The van der Waals surface area contributed by atoms with Crippen LogP contribution in [0, 0.1) is 0 Å². The van der Waals surface area contributed by atoms with E-state index in [1.807, 2.05) is 6.92 Å². The molecule has 2 N–H and O–H groups in total. The second kappa shape index (κ2) is 8.36. The first-order chi connectivity index (χ1) is 11.5. The highest BCUT2D eigenvalue weighted by atomic mass is 35.5. The van der Waals surface area contributed by atoms with Crippen LogP contribution in [0.15, 0.2) is 42.5 Å². The Bertz CT molecular complexity index is 730. The standard InChI is InChI=1S/C18H19ClN2O3/c1-3-4-17(22)21-16-11-13(7-10-15(16)19)20-18(23)12-5-8-14(24-2)9-6-12/h5-11H,3-4H2,1-2H3,(H,20,23)(H,21,22). The zero-order valence-corrected chi connectivity index (χ0v) is 14.3. The summed E-state index contributed by atoms with van der Waals surface area (Å²) in [7, 11) is 1.57. The summed E-state index contributed by atoms with van der Waals surface area (Å²) in [6.45, 7) is 1.92. The Kier molecular flexibility index (Phi) is 6.21. The number of methoxy groups -OCH3 is 1. The third kappa shape index (κ3) is 4.73. The van der Waals surface area contributed by atoms with E-state index in [0.29, 0.717) is 34.1 Å². The summed E-state index contributed by atoms with van der Waals surface area (Å²) in [4.78, 5) is 24.0. The number of amides is 2. The highest BCUT2D eigenvalue weighted by Crippen LogP contribution is 2.26. The van der Waals surface area contributed by atoms with Gasteiger partial charge in [0.1, 0.15) is 5.75 Å². The van der Waals surface area contributed by atoms with E-state index in [1.54, 1.807) is 49.6 Å². The van der Waals surface area contributed by atoms with Crippen LogP contribution in [-0.2, 0) is 4.79 Å². The van der Waals surface area contributed by atoms with Crippen LogP contribution in [0.5, 0.6) is 5.75 Å². The van der Waals surface area contributed by atoms with Gasteiger partial charge in [-0.1, -0.05) is 18.5 Å². The number of ether oxygens (including phenoxy) is 1. The average molecular weight is 347 g/mol. The van der Waals surface area contributed by atoms with Crippen LogP contribution in [0.25, 0.3) is 0 Å². The van der Waals surface area contributed by atoms with Gasteiger partial charge >= 0.3 is 0 Å². The molecular weight excluding hydrogens is 328 g/mol. The van der Waals surface area contributed by atoms with Crippen LogP contribution >= 0.6 is 11.6 Å². The van der Waals surface area contributed by atoms with Crippen LogP contribution in [0.4, 0.5) is 11.4 Å². The minimum atomic E-state index is -0.259. The Labute approximate surface area is 146 Å². The van der Waals surface area contributed by atoms with Crippen LogP contribution in [-0.4, -0.2) is 18.9 Å². The summed E-state index contributed by atoms with van der Waals surface area (Å²) >= 11 is 6.09. The van der Waals surface area contributed by atoms with Crippen molar-refractivity contribution in [2.45, 2.75) is 19.8 Å². The molecule has 0 bridgehead atoms. The van der Waals surface area contributed by atoms with Gasteiger partial charge in [-0.05, 0) is 48.9 Å². The molecular formula is C18H19ClN2O3. The molecule has 0 saturated heterocycles. The van der Waals surface area contributed by atoms with Crippen molar-refractivity contribution in [1.82, 2.24) is 0 Å². The molecule has 0 radical (unpaired) electrons. The minimum Gasteiger partial charge on any atom is -0.497 e. The number of halogens is 1. The number of benzene rings is 2. The molecule has 0 aliphatic heterocycles. The summed E-state index contributed by atoms with van der Waals surface area (Å²) < 4.78 is 5.07. The molecule has 126 valence electrons. The van der Waals surface area contributed by atoms with E-state index in [9.17, 15) is 9.59 Å². The highest BCUT2D eigenvalue weighted by Gasteiger charge is 2.10. The molecule has 0 saturated carbocycles.